The first-order valence-corrected chi connectivity index (χ1v) is 37.1. The minimum absolute atomic E-state index is 0.0716. The number of unbranched alkanes of at least 4 members (excludes halogenated alkanes) is 50. The summed E-state index contributed by atoms with van der Waals surface area (Å²) in [6.07, 6.45) is 91.7. The third-order valence-corrected chi connectivity index (χ3v) is 16.8. The lowest BCUT2D eigenvalue weighted by Gasteiger charge is -2.18. The van der Waals surface area contributed by atoms with E-state index in [2.05, 4.69) is 69.4 Å². The molecule has 0 amide bonds. The molecule has 0 aliphatic carbocycles. The Kier molecular flexibility index (Phi) is 69.6. The molecule has 0 spiro atoms. The van der Waals surface area contributed by atoms with E-state index in [1.54, 1.807) is 0 Å². The van der Waals surface area contributed by atoms with Gasteiger partial charge in [0.2, 0.25) is 0 Å². The summed E-state index contributed by atoms with van der Waals surface area (Å²) >= 11 is 0. The second-order valence-corrected chi connectivity index (χ2v) is 25.2. The third kappa shape index (κ3) is 70.0. The Labute approximate surface area is 518 Å². The lowest BCUT2D eigenvalue weighted by Crippen LogP contribution is -2.30. The maximum atomic E-state index is 12.9. The van der Waals surface area contributed by atoms with E-state index in [4.69, 9.17) is 14.2 Å². The predicted octanol–water partition coefficient (Wildman–Crippen LogP) is 25.7. The average Bonchev–Trinajstić information content (AvgIpc) is 3.48. The normalized spacial score (nSPS) is 12.3. The van der Waals surface area contributed by atoms with Crippen molar-refractivity contribution in [3.8, 4) is 0 Å². The highest BCUT2D eigenvalue weighted by Gasteiger charge is 2.19. The topological polar surface area (TPSA) is 78.9 Å². The van der Waals surface area contributed by atoms with E-state index in [1.807, 2.05) is 0 Å². The first-order valence-electron chi connectivity index (χ1n) is 37.1. The van der Waals surface area contributed by atoms with Gasteiger partial charge in [0.1, 0.15) is 13.2 Å². The monoisotopic (exact) mass is 1160 g/mol. The van der Waals surface area contributed by atoms with Crippen molar-refractivity contribution >= 4 is 17.9 Å². The molecule has 0 radical (unpaired) electrons. The van der Waals surface area contributed by atoms with Gasteiger partial charge < -0.3 is 14.2 Å². The molecule has 6 heteroatoms. The molecule has 83 heavy (non-hydrogen) atoms. The highest BCUT2D eigenvalue weighted by molar-refractivity contribution is 5.71. The van der Waals surface area contributed by atoms with Crippen molar-refractivity contribution in [1.29, 1.82) is 0 Å². The summed E-state index contributed by atoms with van der Waals surface area (Å²) in [5.41, 5.74) is 0. The van der Waals surface area contributed by atoms with Gasteiger partial charge in [-0.15, -0.1) is 0 Å². The van der Waals surface area contributed by atoms with E-state index in [1.165, 1.54) is 295 Å². The van der Waals surface area contributed by atoms with E-state index in [0.29, 0.717) is 19.3 Å². The van der Waals surface area contributed by atoms with E-state index in [9.17, 15) is 14.4 Å². The van der Waals surface area contributed by atoms with Gasteiger partial charge in [-0.1, -0.05) is 339 Å². The largest absolute Gasteiger partial charge is 0.462 e. The Hall–Kier alpha value is -2.63. The van der Waals surface area contributed by atoms with Gasteiger partial charge in [-0.25, -0.2) is 0 Å². The van der Waals surface area contributed by atoms with Crippen LogP contribution in [0.25, 0.3) is 0 Å². The molecular weight excluding hydrogens is 1020 g/mol. The van der Waals surface area contributed by atoms with Crippen LogP contribution in [0.15, 0.2) is 48.6 Å². The highest BCUT2D eigenvalue weighted by Crippen LogP contribution is 2.19. The Morgan fingerprint density at radius 3 is 0.711 bits per heavy atom. The van der Waals surface area contributed by atoms with Crippen LogP contribution in [-0.2, 0) is 28.6 Å². The molecule has 1 unspecified atom stereocenters. The number of hydrogen-bond donors (Lipinski definition) is 0. The molecule has 486 valence electrons. The lowest BCUT2D eigenvalue weighted by molar-refractivity contribution is -0.167. The molecule has 0 aromatic rings. The maximum absolute atomic E-state index is 12.9. The fourth-order valence-electron chi connectivity index (χ4n) is 11.2. The van der Waals surface area contributed by atoms with Crippen molar-refractivity contribution in [1.82, 2.24) is 0 Å². The molecule has 0 bridgehead atoms. The van der Waals surface area contributed by atoms with Gasteiger partial charge in [0.05, 0.1) is 0 Å². The van der Waals surface area contributed by atoms with Crippen LogP contribution in [-0.4, -0.2) is 37.2 Å². The van der Waals surface area contributed by atoms with Crippen LogP contribution in [0, 0.1) is 0 Å². The molecule has 1 atom stereocenters. The van der Waals surface area contributed by atoms with Crippen LogP contribution in [0.5, 0.6) is 0 Å². The van der Waals surface area contributed by atoms with Crippen LogP contribution in [0.1, 0.15) is 406 Å². The average molecular weight is 1160 g/mol. The molecule has 0 rings (SSSR count). The number of carbonyl (C=O) groups excluding carboxylic acids is 3. The molecule has 0 aliphatic rings. The molecule has 0 saturated carbocycles. The van der Waals surface area contributed by atoms with E-state index >= 15 is 0 Å². The minimum Gasteiger partial charge on any atom is -0.462 e. The maximum Gasteiger partial charge on any atom is 0.306 e. The zero-order valence-corrected chi connectivity index (χ0v) is 56.0. The minimum atomic E-state index is -0.776. The Balaban J connectivity index is 4.05. The van der Waals surface area contributed by atoms with Crippen LogP contribution in [0.3, 0.4) is 0 Å². The van der Waals surface area contributed by atoms with Gasteiger partial charge >= 0.3 is 17.9 Å². The van der Waals surface area contributed by atoms with Gasteiger partial charge in [0, 0.05) is 19.3 Å². The Morgan fingerprint density at radius 2 is 0.446 bits per heavy atom. The second-order valence-electron chi connectivity index (χ2n) is 25.2. The predicted molar refractivity (Wildman–Crippen MR) is 362 cm³/mol. The fourth-order valence-corrected chi connectivity index (χ4v) is 11.2. The first kappa shape index (κ1) is 80.4. The second kappa shape index (κ2) is 71.8. The SMILES string of the molecule is CCCC/C=C\CCCCCCCC(=O)OCC(COC(=O)CCCCCCCCCCCCCCCCCCCCCCCCC/C=C\C/C=C\CCCCCCC)OC(=O)CCCCCCCCCCC/C=C\CCCCCCCC. The molecule has 0 aliphatic heterocycles. The van der Waals surface area contributed by atoms with Gasteiger partial charge in [0.25, 0.3) is 0 Å². The van der Waals surface area contributed by atoms with Crippen LogP contribution >= 0.6 is 0 Å². The molecule has 0 aromatic heterocycles. The summed E-state index contributed by atoms with van der Waals surface area (Å²) in [7, 11) is 0. The number of carbonyl (C=O) groups is 3. The first-order chi connectivity index (χ1) is 41.0. The zero-order chi connectivity index (χ0) is 59.9. The zero-order valence-electron chi connectivity index (χ0n) is 56.0. The summed E-state index contributed by atoms with van der Waals surface area (Å²) in [6, 6.07) is 0. The Morgan fingerprint density at radius 1 is 0.241 bits per heavy atom. The van der Waals surface area contributed by atoms with Crippen molar-refractivity contribution in [3.05, 3.63) is 48.6 Å². The summed E-state index contributed by atoms with van der Waals surface area (Å²) < 4.78 is 17.0. The van der Waals surface area contributed by atoms with Gasteiger partial charge in [-0.3, -0.25) is 14.4 Å². The molecule has 6 nitrogen and oxygen atoms in total. The number of ether oxygens (including phenoxy) is 3. The van der Waals surface area contributed by atoms with Crippen LogP contribution in [0.4, 0.5) is 0 Å². The van der Waals surface area contributed by atoms with E-state index in [-0.39, 0.29) is 31.1 Å². The molecule has 0 saturated heterocycles. The molecule has 0 fully saturated rings. The van der Waals surface area contributed by atoms with Crippen molar-refractivity contribution in [3.63, 3.8) is 0 Å². The molecule has 0 aromatic carbocycles. The third-order valence-electron chi connectivity index (χ3n) is 16.8. The molecule has 0 N–H and O–H groups in total. The smallest absolute Gasteiger partial charge is 0.306 e. The highest BCUT2D eigenvalue weighted by atomic mass is 16.6. The van der Waals surface area contributed by atoms with Crippen molar-refractivity contribution in [2.24, 2.45) is 0 Å². The van der Waals surface area contributed by atoms with E-state index < -0.39 is 6.10 Å². The number of allylic oxidation sites excluding steroid dienone is 8. The number of hydrogen-bond acceptors (Lipinski definition) is 6. The van der Waals surface area contributed by atoms with Crippen LogP contribution < -0.4 is 0 Å². The molecular formula is C77H142O6. The van der Waals surface area contributed by atoms with Gasteiger partial charge in [-0.05, 0) is 96.3 Å². The Bertz CT molecular complexity index is 1430. The van der Waals surface area contributed by atoms with Gasteiger partial charge in [0.15, 0.2) is 6.10 Å². The summed E-state index contributed by atoms with van der Waals surface area (Å²) in [4.78, 5) is 38.4. The van der Waals surface area contributed by atoms with Gasteiger partial charge in [-0.2, -0.15) is 0 Å². The summed E-state index contributed by atoms with van der Waals surface area (Å²) in [6.45, 7) is 6.64. The lowest BCUT2D eigenvalue weighted by atomic mass is 10.0. The summed E-state index contributed by atoms with van der Waals surface area (Å²) in [5.74, 6) is -0.858. The van der Waals surface area contributed by atoms with E-state index in [0.717, 1.165) is 70.6 Å². The van der Waals surface area contributed by atoms with Crippen molar-refractivity contribution in [2.45, 2.75) is 412 Å². The van der Waals surface area contributed by atoms with Crippen molar-refractivity contribution in [2.75, 3.05) is 13.2 Å². The van der Waals surface area contributed by atoms with Crippen molar-refractivity contribution < 1.29 is 28.6 Å². The number of rotatable bonds is 69. The molecule has 0 heterocycles. The van der Waals surface area contributed by atoms with Crippen LogP contribution in [0.2, 0.25) is 0 Å². The standard InChI is InChI=1S/C77H142O6/c1-4-7-10-13-16-19-22-24-26-28-30-31-32-33-34-35-36-37-38-39-40-41-42-43-44-45-47-48-50-52-55-58-61-64-67-70-76(79)82-73-74(72-81-75(78)69-66-63-60-57-54-21-18-15-12-9-6-3)83-77(80)71-68-65-62-59-56-53-51-49-46-29-27-25-23-20-17-14-11-8-5-2/h15,18,22,24-25,27-28,30,74H,4-14,16-17,19-21,23,26,29,31-73H2,1-3H3/b18-15-,24-22-,27-25-,30-28-. The number of esters is 3. The quantitative estimate of drug-likeness (QED) is 0.0261. The fraction of sp³-hybridized carbons (Fsp3) is 0.857. The summed E-state index contributed by atoms with van der Waals surface area (Å²) in [5, 5.41) is 0.